The molecule has 18 heavy (non-hydrogen) atoms. The van der Waals surface area contributed by atoms with Crippen molar-refractivity contribution in [2.24, 2.45) is 5.73 Å². The minimum Gasteiger partial charge on any atom is -0.394 e. The van der Waals surface area contributed by atoms with Crippen molar-refractivity contribution in [1.82, 2.24) is 5.32 Å². The third kappa shape index (κ3) is 3.55. The number of hydrogen-bond donors (Lipinski definition) is 3. The molecule has 4 N–H and O–H groups in total. The molecule has 0 unspecified atom stereocenters. The molecule has 4 nitrogen and oxygen atoms in total. The Morgan fingerprint density at radius 2 is 1.83 bits per heavy atom. The van der Waals surface area contributed by atoms with Gasteiger partial charge in [-0.3, -0.25) is 4.79 Å². The second-order valence-corrected chi connectivity index (χ2v) is 4.56. The van der Waals surface area contributed by atoms with Crippen molar-refractivity contribution in [2.75, 3.05) is 6.61 Å². The first-order chi connectivity index (χ1) is 8.56. The molecule has 0 aromatic heterocycles. The van der Waals surface area contributed by atoms with E-state index in [0.717, 1.165) is 18.4 Å². The fraction of sp³-hybridized carbons (Fsp3) is 0.500. The van der Waals surface area contributed by atoms with E-state index in [1.807, 2.05) is 12.1 Å². The Morgan fingerprint density at radius 3 is 2.22 bits per heavy atom. The summed E-state index contributed by atoms with van der Waals surface area (Å²) in [5.74, 6) is -0.415. The second kappa shape index (κ2) is 6.52. The predicted molar refractivity (Wildman–Crippen MR) is 72.2 cm³/mol. The third-order valence-corrected chi connectivity index (χ3v) is 3.56. The maximum Gasteiger partial charge on any atom is 0.248 e. The van der Waals surface area contributed by atoms with Crippen LogP contribution in [0.15, 0.2) is 24.3 Å². The molecule has 1 rings (SSSR count). The van der Waals surface area contributed by atoms with Crippen molar-refractivity contribution in [3.8, 4) is 0 Å². The average Bonchev–Trinajstić information content (AvgIpc) is 2.41. The number of primary amides is 1. The molecule has 1 aromatic carbocycles. The molecule has 1 aromatic rings. The van der Waals surface area contributed by atoms with Gasteiger partial charge in [0.05, 0.1) is 6.61 Å². The summed E-state index contributed by atoms with van der Waals surface area (Å²) < 4.78 is 0. The molecule has 0 saturated heterocycles. The Kier molecular flexibility index (Phi) is 5.31. The number of hydrogen-bond acceptors (Lipinski definition) is 3. The van der Waals surface area contributed by atoms with Crippen LogP contribution in [0.4, 0.5) is 0 Å². The summed E-state index contributed by atoms with van der Waals surface area (Å²) in [4.78, 5) is 10.9. The minimum atomic E-state index is -0.415. The molecular formula is C14H22N2O2. The zero-order valence-corrected chi connectivity index (χ0v) is 11.1. The number of aliphatic hydroxyl groups is 1. The molecule has 4 heteroatoms. The largest absolute Gasteiger partial charge is 0.394 e. The Hall–Kier alpha value is -1.39. The summed E-state index contributed by atoms with van der Waals surface area (Å²) in [7, 11) is 0. The number of benzene rings is 1. The maximum absolute atomic E-state index is 10.9. The molecule has 0 aliphatic rings. The van der Waals surface area contributed by atoms with Gasteiger partial charge in [0.1, 0.15) is 0 Å². The highest BCUT2D eigenvalue weighted by atomic mass is 16.3. The van der Waals surface area contributed by atoms with Gasteiger partial charge in [0.25, 0.3) is 0 Å². The number of rotatable bonds is 7. The van der Waals surface area contributed by atoms with Crippen LogP contribution >= 0.6 is 0 Å². The van der Waals surface area contributed by atoms with Crippen LogP contribution in [0.25, 0.3) is 0 Å². The molecule has 0 fully saturated rings. The van der Waals surface area contributed by atoms with Gasteiger partial charge >= 0.3 is 0 Å². The SMILES string of the molecule is CCC(CC)(CO)NCc1ccc(C(N)=O)cc1. The van der Waals surface area contributed by atoms with Gasteiger partial charge in [-0.2, -0.15) is 0 Å². The number of nitrogens with one attached hydrogen (secondary N) is 1. The standard InChI is InChI=1S/C14H22N2O2/c1-3-14(4-2,10-17)16-9-11-5-7-12(8-6-11)13(15)18/h5-8,16-17H,3-4,9-10H2,1-2H3,(H2,15,18). The smallest absolute Gasteiger partial charge is 0.248 e. The van der Waals surface area contributed by atoms with Crippen LogP contribution in [-0.2, 0) is 6.54 Å². The van der Waals surface area contributed by atoms with Crippen LogP contribution in [0.1, 0.15) is 42.6 Å². The first-order valence-corrected chi connectivity index (χ1v) is 6.31. The summed E-state index contributed by atoms with van der Waals surface area (Å²) >= 11 is 0. The quantitative estimate of drug-likeness (QED) is 0.685. The van der Waals surface area contributed by atoms with E-state index < -0.39 is 5.91 Å². The third-order valence-electron chi connectivity index (χ3n) is 3.56. The van der Waals surface area contributed by atoms with Crippen molar-refractivity contribution in [2.45, 2.75) is 38.8 Å². The highest BCUT2D eigenvalue weighted by Gasteiger charge is 2.23. The fourth-order valence-electron chi connectivity index (χ4n) is 1.86. The van der Waals surface area contributed by atoms with Crippen molar-refractivity contribution in [3.63, 3.8) is 0 Å². The molecule has 0 atom stereocenters. The number of carbonyl (C=O) groups excluding carboxylic acids is 1. The lowest BCUT2D eigenvalue weighted by Crippen LogP contribution is -2.47. The Labute approximate surface area is 108 Å². The van der Waals surface area contributed by atoms with Crippen LogP contribution in [-0.4, -0.2) is 23.2 Å². The molecular weight excluding hydrogens is 228 g/mol. The van der Waals surface area contributed by atoms with Gasteiger partial charge in [0.15, 0.2) is 0 Å². The Bertz CT molecular complexity index is 375. The summed E-state index contributed by atoms with van der Waals surface area (Å²) in [5.41, 5.74) is 6.55. The predicted octanol–water partition coefficient (Wildman–Crippen LogP) is 1.43. The number of aliphatic hydroxyl groups excluding tert-OH is 1. The molecule has 0 bridgehead atoms. The monoisotopic (exact) mass is 250 g/mol. The van der Waals surface area contributed by atoms with Crippen LogP contribution in [0.2, 0.25) is 0 Å². The van der Waals surface area contributed by atoms with E-state index in [2.05, 4.69) is 19.2 Å². The maximum atomic E-state index is 10.9. The zero-order valence-electron chi connectivity index (χ0n) is 11.1. The number of amides is 1. The van der Waals surface area contributed by atoms with Gasteiger partial charge in [-0.1, -0.05) is 26.0 Å². The molecule has 1 amide bonds. The van der Waals surface area contributed by atoms with Gasteiger partial charge in [-0.25, -0.2) is 0 Å². The lowest BCUT2D eigenvalue weighted by atomic mass is 9.93. The van der Waals surface area contributed by atoms with Gasteiger partial charge in [-0.05, 0) is 30.5 Å². The molecule has 0 saturated carbocycles. The Balaban J connectivity index is 2.65. The summed E-state index contributed by atoms with van der Waals surface area (Å²) in [5, 5.41) is 12.8. The van der Waals surface area contributed by atoms with E-state index in [9.17, 15) is 9.90 Å². The van der Waals surface area contributed by atoms with Gasteiger partial charge < -0.3 is 16.2 Å². The molecule has 0 heterocycles. The van der Waals surface area contributed by atoms with Gasteiger partial charge in [-0.15, -0.1) is 0 Å². The van der Waals surface area contributed by atoms with Crippen LogP contribution < -0.4 is 11.1 Å². The Morgan fingerprint density at radius 1 is 1.28 bits per heavy atom. The fourth-order valence-corrected chi connectivity index (χ4v) is 1.86. The highest BCUT2D eigenvalue weighted by molar-refractivity contribution is 5.92. The second-order valence-electron chi connectivity index (χ2n) is 4.56. The van der Waals surface area contributed by atoms with E-state index in [4.69, 9.17) is 5.73 Å². The lowest BCUT2D eigenvalue weighted by molar-refractivity contribution is 0.100. The summed E-state index contributed by atoms with van der Waals surface area (Å²) in [6.45, 7) is 4.91. The van der Waals surface area contributed by atoms with Gasteiger partial charge in [0, 0.05) is 17.6 Å². The molecule has 0 aliphatic heterocycles. The number of carbonyl (C=O) groups is 1. The zero-order chi connectivity index (χ0) is 13.6. The van der Waals surface area contributed by atoms with E-state index >= 15 is 0 Å². The van der Waals surface area contributed by atoms with E-state index in [0.29, 0.717) is 12.1 Å². The number of nitrogens with two attached hydrogens (primary N) is 1. The topological polar surface area (TPSA) is 75.3 Å². The normalized spacial score (nSPS) is 11.5. The lowest BCUT2D eigenvalue weighted by Gasteiger charge is -2.31. The van der Waals surface area contributed by atoms with E-state index in [1.165, 1.54) is 0 Å². The van der Waals surface area contributed by atoms with Crippen LogP contribution in [0, 0.1) is 0 Å². The van der Waals surface area contributed by atoms with E-state index in [1.54, 1.807) is 12.1 Å². The summed E-state index contributed by atoms with van der Waals surface area (Å²) in [6.07, 6.45) is 1.75. The van der Waals surface area contributed by atoms with Gasteiger partial charge in [0.2, 0.25) is 5.91 Å². The highest BCUT2D eigenvalue weighted by Crippen LogP contribution is 2.15. The first-order valence-electron chi connectivity index (χ1n) is 6.31. The molecule has 0 aliphatic carbocycles. The summed E-state index contributed by atoms with van der Waals surface area (Å²) in [6, 6.07) is 7.19. The van der Waals surface area contributed by atoms with Crippen molar-refractivity contribution in [3.05, 3.63) is 35.4 Å². The van der Waals surface area contributed by atoms with Crippen molar-refractivity contribution >= 4 is 5.91 Å². The minimum absolute atomic E-state index is 0.124. The average molecular weight is 250 g/mol. The molecule has 0 spiro atoms. The van der Waals surface area contributed by atoms with Crippen LogP contribution in [0.3, 0.4) is 0 Å². The first kappa shape index (κ1) is 14.7. The van der Waals surface area contributed by atoms with Crippen molar-refractivity contribution < 1.29 is 9.90 Å². The van der Waals surface area contributed by atoms with Crippen molar-refractivity contribution in [1.29, 1.82) is 0 Å². The molecule has 100 valence electrons. The molecule has 0 radical (unpaired) electrons. The van der Waals surface area contributed by atoms with Crippen LogP contribution in [0.5, 0.6) is 0 Å². The van der Waals surface area contributed by atoms with E-state index in [-0.39, 0.29) is 12.1 Å².